The molecule has 0 spiro atoms. The van der Waals surface area contributed by atoms with Crippen LogP contribution in [0.15, 0.2) is 0 Å². The van der Waals surface area contributed by atoms with Crippen LogP contribution in [0.2, 0.25) is 0 Å². The number of ether oxygens (including phenoxy) is 1. The molecular formula is C10H13NO3. The molecule has 1 aliphatic rings. The topological polar surface area (TPSA) is 46.6 Å². The Kier molecular flexibility index (Phi) is 3.52. The molecule has 1 heterocycles. The molecule has 1 rings (SSSR count). The normalized spacial score (nSPS) is 20.7. The zero-order valence-electron chi connectivity index (χ0n) is 8.16. The molecule has 1 aliphatic heterocycles. The summed E-state index contributed by atoms with van der Waals surface area (Å²) in [6.45, 7) is 2.25. The maximum atomic E-state index is 11.4. The molecule has 1 amide bonds. The number of hydrogen-bond donors (Lipinski definition) is 0. The fourth-order valence-corrected chi connectivity index (χ4v) is 1.51. The Morgan fingerprint density at radius 2 is 2.50 bits per heavy atom. The molecule has 0 bridgehead atoms. The highest BCUT2D eigenvalue weighted by atomic mass is 16.5. The van der Waals surface area contributed by atoms with E-state index in [2.05, 4.69) is 5.92 Å². The summed E-state index contributed by atoms with van der Waals surface area (Å²) in [5, 5.41) is 0. The van der Waals surface area contributed by atoms with Crippen molar-refractivity contribution in [2.75, 3.05) is 13.2 Å². The molecule has 4 heteroatoms. The van der Waals surface area contributed by atoms with Gasteiger partial charge in [-0.3, -0.25) is 4.79 Å². The highest BCUT2D eigenvalue weighted by Gasteiger charge is 2.36. The van der Waals surface area contributed by atoms with Gasteiger partial charge in [-0.05, 0) is 13.3 Å². The number of carbonyl (C=O) groups excluding carboxylic acids is 2. The van der Waals surface area contributed by atoms with E-state index < -0.39 is 6.04 Å². The molecule has 0 aromatic heterocycles. The molecule has 0 aromatic carbocycles. The maximum absolute atomic E-state index is 11.4. The number of carbonyl (C=O) groups is 2. The molecular weight excluding hydrogens is 182 g/mol. The van der Waals surface area contributed by atoms with Gasteiger partial charge in [0.1, 0.15) is 6.04 Å². The molecule has 0 aliphatic carbocycles. The van der Waals surface area contributed by atoms with E-state index in [0.717, 1.165) is 0 Å². The van der Waals surface area contributed by atoms with E-state index in [1.54, 1.807) is 6.92 Å². The van der Waals surface area contributed by atoms with Gasteiger partial charge in [0.05, 0.1) is 13.2 Å². The van der Waals surface area contributed by atoms with Crippen molar-refractivity contribution in [3.63, 3.8) is 0 Å². The predicted molar refractivity (Wildman–Crippen MR) is 50.2 cm³/mol. The molecule has 76 valence electrons. The van der Waals surface area contributed by atoms with E-state index in [0.29, 0.717) is 19.4 Å². The van der Waals surface area contributed by atoms with Crippen molar-refractivity contribution in [1.29, 1.82) is 0 Å². The molecule has 1 unspecified atom stereocenters. The highest BCUT2D eigenvalue weighted by molar-refractivity contribution is 5.88. The standard InChI is InChI=1S/C10H13NO3/c1-3-7-11-8(5-6-9(11)12)10(13)14-4-2/h1,8H,4-7H2,2H3. The monoisotopic (exact) mass is 195 g/mol. The fraction of sp³-hybridized carbons (Fsp3) is 0.600. The Labute approximate surface area is 83.2 Å². The zero-order chi connectivity index (χ0) is 10.6. The molecule has 1 atom stereocenters. The van der Waals surface area contributed by atoms with E-state index in [1.165, 1.54) is 4.90 Å². The number of rotatable bonds is 3. The summed E-state index contributed by atoms with van der Waals surface area (Å²) >= 11 is 0. The molecule has 0 saturated carbocycles. The summed E-state index contributed by atoms with van der Waals surface area (Å²) in [5.41, 5.74) is 0. The quantitative estimate of drug-likeness (QED) is 0.476. The Bertz CT molecular complexity index is 280. The highest BCUT2D eigenvalue weighted by Crippen LogP contribution is 2.19. The molecule has 4 nitrogen and oxygen atoms in total. The zero-order valence-corrected chi connectivity index (χ0v) is 8.16. The minimum Gasteiger partial charge on any atom is -0.464 e. The van der Waals surface area contributed by atoms with Crippen LogP contribution >= 0.6 is 0 Å². The van der Waals surface area contributed by atoms with Crippen LogP contribution in [0.5, 0.6) is 0 Å². The third-order valence-corrected chi connectivity index (χ3v) is 2.15. The van der Waals surface area contributed by atoms with E-state index in [9.17, 15) is 9.59 Å². The number of nitrogens with zero attached hydrogens (tertiary/aromatic N) is 1. The predicted octanol–water partition coefficient (Wildman–Crippen LogP) is 0.174. The minimum atomic E-state index is -0.474. The van der Waals surface area contributed by atoms with Crippen molar-refractivity contribution in [3.05, 3.63) is 0 Å². The van der Waals surface area contributed by atoms with Crippen LogP contribution in [0.4, 0.5) is 0 Å². The van der Waals surface area contributed by atoms with Gasteiger partial charge in [-0.15, -0.1) is 6.42 Å². The summed E-state index contributed by atoms with van der Waals surface area (Å²) < 4.78 is 4.85. The summed E-state index contributed by atoms with van der Waals surface area (Å²) in [5.74, 6) is 1.94. The first kappa shape index (κ1) is 10.6. The second-order valence-corrected chi connectivity index (χ2v) is 3.03. The number of likely N-dealkylation sites (tertiary alicyclic amines) is 1. The van der Waals surface area contributed by atoms with Gasteiger partial charge in [-0.1, -0.05) is 5.92 Å². The fourth-order valence-electron chi connectivity index (χ4n) is 1.51. The number of amides is 1. The Balaban J connectivity index is 2.64. The van der Waals surface area contributed by atoms with Gasteiger partial charge in [0.25, 0.3) is 0 Å². The molecule has 1 fully saturated rings. The van der Waals surface area contributed by atoms with E-state index in [-0.39, 0.29) is 18.4 Å². The van der Waals surface area contributed by atoms with Crippen molar-refractivity contribution in [2.24, 2.45) is 0 Å². The van der Waals surface area contributed by atoms with Crippen LogP contribution in [0, 0.1) is 12.3 Å². The van der Waals surface area contributed by atoms with Crippen molar-refractivity contribution in [1.82, 2.24) is 4.90 Å². The average molecular weight is 195 g/mol. The lowest BCUT2D eigenvalue weighted by Gasteiger charge is -2.20. The van der Waals surface area contributed by atoms with Crippen LogP contribution in [0.25, 0.3) is 0 Å². The lowest BCUT2D eigenvalue weighted by molar-refractivity contribution is -0.151. The van der Waals surface area contributed by atoms with Gasteiger partial charge in [0.15, 0.2) is 0 Å². The summed E-state index contributed by atoms with van der Waals surface area (Å²) in [6.07, 6.45) is 6.00. The van der Waals surface area contributed by atoms with Gasteiger partial charge in [-0.25, -0.2) is 4.79 Å². The smallest absolute Gasteiger partial charge is 0.328 e. The van der Waals surface area contributed by atoms with Gasteiger partial charge < -0.3 is 9.64 Å². The van der Waals surface area contributed by atoms with Gasteiger partial charge in [-0.2, -0.15) is 0 Å². The first-order chi connectivity index (χ1) is 6.70. The second kappa shape index (κ2) is 4.66. The Morgan fingerprint density at radius 1 is 1.79 bits per heavy atom. The largest absolute Gasteiger partial charge is 0.464 e. The lowest BCUT2D eigenvalue weighted by Crippen LogP contribution is -2.39. The maximum Gasteiger partial charge on any atom is 0.328 e. The minimum absolute atomic E-state index is 0.0685. The summed E-state index contributed by atoms with van der Waals surface area (Å²) in [7, 11) is 0. The van der Waals surface area contributed by atoms with E-state index >= 15 is 0 Å². The molecule has 0 radical (unpaired) electrons. The molecule has 0 aromatic rings. The molecule has 1 saturated heterocycles. The van der Waals surface area contributed by atoms with Crippen LogP contribution in [0.1, 0.15) is 19.8 Å². The summed E-state index contributed by atoms with van der Waals surface area (Å²) in [4.78, 5) is 24.1. The SMILES string of the molecule is C#CCN1C(=O)CCC1C(=O)OCC. The Hall–Kier alpha value is -1.50. The first-order valence-electron chi connectivity index (χ1n) is 4.60. The molecule has 14 heavy (non-hydrogen) atoms. The van der Waals surface area contributed by atoms with Crippen molar-refractivity contribution in [2.45, 2.75) is 25.8 Å². The van der Waals surface area contributed by atoms with Gasteiger partial charge in [0.2, 0.25) is 5.91 Å². The van der Waals surface area contributed by atoms with Gasteiger partial charge in [0, 0.05) is 6.42 Å². The van der Waals surface area contributed by atoms with Crippen molar-refractivity contribution in [3.8, 4) is 12.3 Å². The first-order valence-corrected chi connectivity index (χ1v) is 4.60. The lowest BCUT2D eigenvalue weighted by atomic mass is 10.2. The van der Waals surface area contributed by atoms with Crippen LogP contribution in [-0.2, 0) is 14.3 Å². The third kappa shape index (κ3) is 2.05. The van der Waals surface area contributed by atoms with Gasteiger partial charge >= 0.3 is 5.97 Å². The number of terminal acetylenes is 1. The van der Waals surface area contributed by atoms with Crippen LogP contribution in [0.3, 0.4) is 0 Å². The number of esters is 1. The number of hydrogen-bond acceptors (Lipinski definition) is 3. The molecule has 0 N–H and O–H groups in total. The summed E-state index contributed by atoms with van der Waals surface area (Å²) in [6, 6.07) is -0.474. The van der Waals surface area contributed by atoms with Crippen molar-refractivity contribution >= 4 is 11.9 Å². The van der Waals surface area contributed by atoms with E-state index in [1.807, 2.05) is 0 Å². The van der Waals surface area contributed by atoms with E-state index in [4.69, 9.17) is 11.2 Å². The van der Waals surface area contributed by atoms with Crippen LogP contribution < -0.4 is 0 Å². The van der Waals surface area contributed by atoms with Crippen LogP contribution in [-0.4, -0.2) is 36.0 Å². The third-order valence-electron chi connectivity index (χ3n) is 2.15. The average Bonchev–Trinajstić information content (AvgIpc) is 2.50. The second-order valence-electron chi connectivity index (χ2n) is 3.03. The van der Waals surface area contributed by atoms with Crippen molar-refractivity contribution < 1.29 is 14.3 Å². The Morgan fingerprint density at radius 3 is 3.07 bits per heavy atom.